The number of rotatable bonds is 4. The Hall–Kier alpha value is -2.01. The minimum absolute atomic E-state index is 0.287. The normalized spacial score (nSPS) is 13.1. The molecule has 1 heterocycles. The van der Waals surface area contributed by atoms with Gasteiger partial charge in [0.1, 0.15) is 17.6 Å². The average Bonchev–Trinajstić information content (AvgIpc) is 2.46. The highest BCUT2D eigenvalue weighted by Crippen LogP contribution is 2.38. The van der Waals surface area contributed by atoms with E-state index in [0.29, 0.717) is 5.69 Å². The van der Waals surface area contributed by atoms with E-state index in [4.69, 9.17) is 4.74 Å². The molecule has 20 heavy (non-hydrogen) atoms. The summed E-state index contributed by atoms with van der Waals surface area (Å²) < 4.78 is 18.1. The predicted octanol–water partition coefficient (Wildman–Crippen LogP) is 2.64. The van der Waals surface area contributed by atoms with E-state index in [1.807, 2.05) is 13.8 Å². The number of hydrogen-bond donors (Lipinski definition) is 1. The summed E-state index contributed by atoms with van der Waals surface area (Å²) in [5, 5.41) is 10.6. The SMILES string of the molecule is COc1nccnc1C(O)C(C)(C)c1ccc(F)cc1. The number of ether oxygens (including phenoxy) is 1. The summed E-state index contributed by atoms with van der Waals surface area (Å²) in [5.41, 5.74) is 0.514. The number of aliphatic hydroxyl groups excluding tert-OH is 1. The molecule has 1 atom stereocenters. The lowest BCUT2D eigenvalue weighted by atomic mass is 9.78. The largest absolute Gasteiger partial charge is 0.480 e. The lowest BCUT2D eigenvalue weighted by molar-refractivity contribution is 0.0922. The molecule has 106 valence electrons. The smallest absolute Gasteiger partial charge is 0.238 e. The van der Waals surface area contributed by atoms with Crippen LogP contribution >= 0.6 is 0 Å². The first-order valence-corrected chi connectivity index (χ1v) is 6.26. The molecule has 5 heteroatoms. The number of hydrogen-bond acceptors (Lipinski definition) is 4. The Labute approximate surface area is 117 Å². The first-order valence-electron chi connectivity index (χ1n) is 6.26. The van der Waals surface area contributed by atoms with Crippen molar-refractivity contribution in [3.63, 3.8) is 0 Å². The molecule has 0 aliphatic heterocycles. The molecule has 0 saturated heterocycles. The molecule has 0 fully saturated rings. The third-order valence-electron chi connectivity index (χ3n) is 3.42. The van der Waals surface area contributed by atoms with Gasteiger partial charge in [0.15, 0.2) is 0 Å². The molecular formula is C15H17FN2O2. The predicted molar refractivity (Wildman–Crippen MR) is 73.0 cm³/mol. The topological polar surface area (TPSA) is 55.2 Å². The summed E-state index contributed by atoms with van der Waals surface area (Å²) in [5.74, 6) is -0.0219. The van der Waals surface area contributed by atoms with Gasteiger partial charge in [-0.2, -0.15) is 0 Å². The monoisotopic (exact) mass is 276 g/mol. The fourth-order valence-electron chi connectivity index (χ4n) is 2.06. The quantitative estimate of drug-likeness (QED) is 0.932. The third kappa shape index (κ3) is 2.63. The fourth-order valence-corrected chi connectivity index (χ4v) is 2.06. The van der Waals surface area contributed by atoms with E-state index < -0.39 is 11.5 Å². The number of benzene rings is 1. The first-order chi connectivity index (χ1) is 9.46. The standard InChI is InChI=1S/C15H17FN2O2/c1-15(2,10-4-6-11(16)7-5-10)13(19)12-14(20-3)18-9-8-17-12/h4-9,13,19H,1-3H3. The van der Waals surface area contributed by atoms with Crippen molar-refractivity contribution in [2.24, 2.45) is 0 Å². The minimum atomic E-state index is -0.920. The maximum Gasteiger partial charge on any atom is 0.238 e. The molecule has 0 radical (unpaired) electrons. The molecule has 0 aliphatic rings. The fraction of sp³-hybridized carbons (Fsp3) is 0.333. The van der Waals surface area contributed by atoms with Crippen molar-refractivity contribution in [3.05, 3.63) is 53.7 Å². The van der Waals surface area contributed by atoms with Gasteiger partial charge in [-0.15, -0.1) is 0 Å². The van der Waals surface area contributed by atoms with Crippen LogP contribution in [0.3, 0.4) is 0 Å². The van der Waals surface area contributed by atoms with Crippen LogP contribution in [0, 0.1) is 5.82 Å². The van der Waals surface area contributed by atoms with E-state index >= 15 is 0 Å². The Morgan fingerprint density at radius 1 is 1.15 bits per heavy atom. The molecule has 4 nitrogen and oxygen atoms in total. The van der Waals surface area contributed by atoms with Gasteiger partial charge >= 0.3 is 0 Å². The van der Waals surface area contributed by atoms with Crippen LogP contribution < -0.4 is 4.74 Å². The van der Waals surface area contributed by atoms with Gasteiger partial charge in [-0.1, -0.05) is 26.0 Å². The molecule has 0 bridgehead atoms. The van der Waals surface area contributed by atoms with E-state index in [-0.39, 0.29) is 11.7 Å². The molecule has 1 aromatic carbocycles. The van der Waals surface area contributed by atoms with Crippen molar-refractivity contribution in [2.45, 2.75) is 25.4 Å². The average molecular weight is 276 g/mol. The number of aromatic nitrogens is 2. The highest BCUT2D eigenvalue weighted by Gasteiger charge is 2.34. The summed E-state index contributed by atoms with van der Waals surface area (Å²) >= 11 is 0. The summed E-state index contributed by atoms with van der Waals surface area (Å²) in [6.45, 7) is 3.72. The lowest BCUT2D eigenvalue weighted by Gasteiger charge is -2.31. The second-order valence-corrected chi connectivity index (χ2v) is 5.08. The van der Waals surface area contributed by atoms with Gasteiger partial charge < -0.3 is 9.84 Å². The summed E-state index contributed by atoms with van der Waals surface area (Å²) in [4.78, 5) is 8.18. The van der Waals surface area contributed by atoms with Gasteiger partial charge in [0, 0.05) is 17.8 Å². The summed E-state index contributed by atoms with van der Waals surface area (Å²) in [7, 11) is 1.48. The van der Waals surface area contributed by atoms with Crippen LogP contribution in [-0.2, 0) is 5.41 Å². The van der Waals surface area contributed by atoms with Crippen LogP contribution in [0.15, 0.2) is 36.7 Å². The van der Waals surface area contributed by atoms with Crippen LogP contribution in [0.2, 0.25) is 0 Å². The zero-order valence-corrected chi connectivity index (χ0v) is 11.7. The Kier molecular flexibility index (Phi) is 3.99. The summed E-state index contributed by atoms with van der Waals surface area (Å²) in [6.07, 6.45) is 2.08. The zero-order chi connectivity index (χ0) is 14.8. The van der Waals surface area contributed by atoms with E-state index in [2.05, 4.69) is 9.97 Å². The van der Waals surface area contributed by atoms with Gasteiger partial charge in [0.2, 0.25) is 5.88 Å². The molecule has 2 aromatic rings. The molecule has 1 N–H and O–H groups in total. The highest BCUT2D eigenvalue weighted by molar-refractivity contribution is 5.31. The Bertz CT molecular complexity index is 585. The van der Waals surface area contributed by atoms with Crippen molar-refractivity contribution in [2.75, 3.05) is 7.11 Å². The second kappa shape index (κ2) is 5.54. The number of methoxy groups -OCH3 is 1. The Balaban J connectivity index is 2.40. The first kappa shape index (κ1) is 14.4. The molecule has 2 rings (SSSR count). The summed E-state index contributed by atoms with van der Waals surface area (Å²) in [6, 6.07) is 6.05. The molecule has 0 aliphatic carbocycles. The number of aliphatic hydroxyl groups is 1. The highest BCUT2D eigenvalue weighted by atomic mass is 19.1. The number of nitrogens with zero attached hydrogens (tertiary/aromatic N) is 2. The van der Waals surface area contributed by atoms with E-state index in [0.717, 1.165) is 5.56 Å². The molecule has 1 unspecified atom stereocenters. The Morgan fingerprint density at radius 2 is 1.75 bits per heavy atom. The van der Waals surface area contributed by atoms with Crippen molar-refractivity contribution in [1.82, 2.24) is 9.97 Å². The van der Waals surface area contributed by atoms with Gasteiger partial charge in [-0.3, -0.25) is 4.98 Å². The van der Waals surface area contributed by atoms with E-state index in [1.54, 1.807) is 12.1 Å². The van der Waals surface area contributed by atoms with E-state index in [1.165, 1.54) is 31.6 Å². The molecule has 1 aromatic heterocycles. The van der Waals surface area contributed by atoms with Gasteiger partial charge in [-0.05, 0) is 17.7 Å². The second-order valence-electron chi connectivity index (χ2n) is 5.08. The molecule has 0 spiro atoms. The van der Waals surface area contributed by atoms with Crippen molar-refractivity contribution < 1.29 is 14.2 Å². The van der Waals surface area contributed by atoms with Gasteiger partial charge in [0.25, 0.3) is 0 Å². The minimum Gasteiger partial charge on any atom is -0.480 e. The van der Waals surface area contributed by atoms with Crippen LogP contribution in [0.25, 0.3) is 0 Å². The van der Waals surface area contributed by atoms with Gasteiger partial charge in [-0.25, -0.2) is 9.37 Å². The Morgan fingerprint density at radius 3 is 2.35 bits per heavy atom. The number of halogens is 1. The van der Waals surface area contributed by atoms with Crippen LogP contribution in [0.4, 0.5) is 4.39 Å². The van der Waals surface area contributed by atoms with Crippen LogP contribution in [0.1, 0.15) is 31.2 Å². The molecular weight excluding hydrogens is 259 g/mol. The maximum absolute atomic E-state index is 13.0. The molecule has 0 saturated carbocycles. The van der Waals surface area contributed by atoms with Gasteiger partial charge in [0.05, 0.1) is 7.11 Å². The van der Waals surface area contributed by atoms with Crippen molar-refractivity contribution >= 4 is 0 Å². The maximum atomic E-state index is 13.0. The lowest BCUT2D eigenvalue weighted by Crippen LogP contribution is -2.28. The van der Waals surface area contributed by atoms with Crippen molar-refractivity contribution in [3.8, 4) is 5.88 Å². The van der Waals surface area contributed by atoms with Crippen LogP contribution in [0.5, 0.6) is 5.88 Å². The van der Waals surface area contributed by atoms with Crippen LogP contribution in [-0.4, -0.2) is 22.2 Å². The molecule has 0 amide bonds. The zero-order valence-electron chi connectivity index (χ0n) is 11.7. The van der Waals surface area contributed by atoms with E-state index in [9.17, 15) is 9.50 Å². The third-order valence-corrected chi connectivity index (χ3v) is 3.42. The van der Waals surface area contributed by atoms with Crippen molar-refractivity contribution in [1.29, 1.82) is 0 Å².